The third kappa shape index (κ3) is 17.5. The van der Waals surface area contributed by atoms with E-state index in [0.29, 0.717) is 0 Å². The monoisotopic (exact) mass is 278 g/mol. The van der Waals surface area contributed by atoms with Crippen LogP contribution < -0.4 is 0 Å². The number of unbranched alkanes of at least 4 members (excludes halogenated alkanes) is 11. The summed E-state index contributed by atoms with van der Waals surface area (Å²) >= 11 is 0. The first kappa shape index (κ1) is 19.5. The van der Waals surface area contributed by atoms with Gasteiger partial charge in [0.15, 0.2) is 0 Å². The Labute approximate surface area is 128 Å². The van der Waals surface area contributed by atoms with Gasteiger partial charge in [0.25, 0.3) is 0 Å². The van der Waals surface area contributed by atoms with E-state index in [2.05, 4.69) is 27.0 Å². The van der Waals surface area contributed by atoms with Crippen molar-refractivity contribution in [3.63, 3.8) is 0 Å². The Bertz CT molecular complexity index is 210. The summed E-state index contributed by atoms with van der Waals surface area (Å²) in [5.74, 6) is 0. The van der Waals surface area contributed by atoms with Crippen LogP contribution in [-0.2, 0) is 0 Å². The van der Waals surface area contributed by atoms with E-state index < -0.39 is 0 Å². The van der Waals surface area contributed by atoms with Crippen LogP contribution >= 0.6 is 0 Å². The summed E-state index contributed by atoms with van der Waals surface area (Å²) in [6.45, 7) is 12.2. The van der Waals surface area contributed by atoms with Gasteiger partial charge in [-0.2, -0.15) is 0 Å². The fourth-order valence-corrected chi connectivity index (χ4v) is 2.62. The van der Waals surface area contributed by atoms with Crippen molar-refractivity contribution < 1.29 is 0 Å². The first-order valence-corrected chi connectivity index (χ1v) is 8.91. The third-order valence-corrected chi connectivity index (χ3v) is 3.96. The summed E-state index contributed by atoms with van der Waals surface area (Å²) in [6.07, 6.45) is 19.5. The molecule has 0 bridgehead atoms. The first-order valence-electron chi connectivity index (χ1n) is 8.91. The minimum absolute atomic E-state index is 1.23. The van der Waals surface area contributed by atoms with Gasteiger partial charge in [-0.25, -0.2) is 0 Å². The van der Waals surface area contributed by atoms with E-state index in [9.17, 15) is 0 Å². The Kier molecular flexibility index (Phi) is 14.5. The third-order valence-electron chi connectivity index (χ3n) is 3.96. The fourth-order valence-electron chi connectivity index (χ4n) is 2.62. The molecule has 0 aromatic rings. The predicted octanol–water partition coefficient (Wildman–Crippen LogP) is 7.60. The van der Waals surface area contributed by atoms with Crippen LogP contribution in [0.2, 0.25) is 0 Å². The molecule has 0 aromatic carbocycles. The molecule has 0 nitrogen and oxygen atoms in total. The van der Waals surface area contributed by atoms with Crippen molar-refractivity contribution in [2.24, 2.45) is 0 Å². The molecule has 0 heterocycles. The van der Waals surface area contributed by atoms with Crippen molar-refractivity contribution in [1.82, 2.24) is 0 Å². The molecule has 0 aliphatic rings. The lowest BCUT2D eigenvalue weighted by atomic mass is 10.0. The molecule has 0 aliphatic carbocycles. The predicted molar refractivity (Wildman–Crippen MR) is 94.3 cm³/mol. The van der Waals surface area contributed by atoms with Gasteiger partial charge in [-0.3, -0.25) is 0 Å². The molecular weight excluding hydrogens is 240 g/mol. The van der Waals surface area contributed by atoms with E-state index in [1.807, 2.05) is 0 Å². The molecule has 0 unspecified atom stereocenters. The van der Waals surface area contributed by atoms with Crippen molar-refractivity contribution in [3.05, 3.63) is 24.3 Å². The van der Waals surface area contributed by atoms with E-state index in [0.717, 1.165) is 0 Å². The first-order chi connectivity index (χ1) is 9.63. The van der Waals surface area contributed by atoms with Crippen LogP contribution in [0.5, 0.6) is 0 Å². The molecule has 0 saturated heterocycles. The van der Waals surface area contributed by atoms with E-state index in [-0.39, 0.29) is 0 Å². The largest absolute Gasteiger partial charge is 0.100 e. The van der Waals surface area contributed by atoms with Crippen LogP contribution in [0, 0.1) is 0 Å². The highest BCUT2D eigenvalue weighted by atomic mass is 14.0. The molecule has 0 aliphatic heterocycles. The van der Waals surface area contributed by atoms with Gasteiger partial charge in [-0.15, -0.1) is 13.2 Å². The van der Waals surface area contributed by atoms with Crippen molar-refractivity contribution in [2.75, 3.05) is 0 Å². The Morgan fingerprint density at radius 1 is 0.450 bits per heavy atom. The zero-order chi connectivity index (χ0) is 15.1. The summed E-state index contributed by atoms with van der Waals surface area (Å²) < 4.78 is 0. The summed E-state index contributed by atoms with van der Waals surface area (Å²) in [4.78, 5) is 0. The second-order valence-electron chi connectivity index (χ2n) is 6.66. The lowest BCUT2D eigenvalue weighted by molar-refractivity contribution is 0.540. The van der Waals surface area contributed by atoms with Gasteiger partial charge in [-0.05, 0) is 39.5 Å². The maximum atomic E-state index is 3.95. The van der Waals surface area contributed by atoms with E-state index in [1.165, 1.54) is 101 Å². The van der Waals surface area contributed by atoms with Gasteiger partial charge in [0, 0.05) is 0 Å². The lowest BCUT2D eigenvalue weighted by Gasteiger charge is -2.03. The second kappa shape index (κ2) is 14.9. The highest BCUT2D eigenvalue weighted by Crippen LogP contribution is 2.14. The maximum Gasteiger partial charge on any atom is -0.0326 e. The Hall–Kier alpha value is -0.520. The molecule has 118 valence electrons. The van der Waals surface area contributed by atoms with Gasteiger partial charge in [0.1, 0.15) is 0 Å². The summed E-state index contributed by atoms with van der Waals surface area (Å²) in [5.41, 5.74) is 2.68. The van der Waals surface area contributed by atoms with Crippen molar-refractivity contribution in [2.45, 2.75) is 104 Å². The van der Waals surface area contributed by atoms with Crippen LogP contribution in [0.25, 0.3) is 0 Å². The molecule has 0 aromatic heterocycles. The zero-order valence-corrected chi connectivity index (χ0v) is 14.3. The van der Waals surface area contributed by atoms with Crippen LogP contribution in [0.4, 0.5) is 0 Å². The summed E-state index contributed by atoms with van der Waals surface area (Å²) in [6, 6.07) is 0. The quantitative estimate of drug-likeness (QED) is 0.214. The van der Waals surface area contributed by atoms with E-state index in [4.69, 9.17) is 0 Å². The lowest BCUT2D eigenvalue weighted by Crippen LogP contribution is -1.84. The van der Waals surface area contributed by atoms with Crippen LogP contribution in [0.15, 0.2) is 24.3 Å². The molecule has 0 saturated carbocycles. The van der Waals surface area contributed by atoms with Crippen molar-refractivity contribution in [3.8, 4) is 0 Å². The molecule has 0 rings (SSSR count). The average Bonchev–Trinajstić information content (AvgIpc) is 2.38. The van der Waals surface area contributed by atoms with Gasteiger partial charge in [-0.1, -0.05) is 75.4 Å². The maximum absolute atomic E-state index is 3.95. The molecule has 0 heteroatoms. The van der Waals surface area contributed by atoms with E-state index in [1.54, 1.807) is 0 Å². The van der Waals surface area contributed by atoms with Crippen molar-refractivity contribution >= 4 is 0 Å². The number of rotatable bonds is 15. The Morgan fingerprint density at radius 2 is 0.650 bits per heavy atom. The Morgan fingerprint density at radius 3 is 0.850 bits per heavy atom. The molecule has 0 N–H and O–H groups in total. The standard InChI is InChI=1S/C20H38/c1-19(2)17-15-13-11-9-7-5-6-8-10-12-14-16-18-20(3)4/h1,3,5-18H2,2,4H3. The highest BCUT2D eigenvalue weighted by molar-refractivity contribution is 4.87. The molecule has 0 amide bonds. The molecule has 0 atom stereocenters. The minimum atomic E-state index is 1.23. The zero-order valence-electron chi connectivity index (χ0n) is 14.3. The molecule has 0 fully saturated rings. The summed E-state index contributed by atoms with van der Waals surface area (Å²) in [7, 11) is 0. The van der Waals surface area contributed by atoms with Crippen LogP contribution in [-0.4, -0.2) is 0 Å². The normalized spacial score (nSPS) is 10.7. The van der Waals surface area contributed by atoms with E-state index >= 15 is 0 Å². The van der Waals surface area contributed by atoms with Gasteiger partial charge in [0.05, 0.1) is 0 Å². The van der Waals surface area contributed by atoms with Gasteiger partial charge in [0.2, 0.25) is 0 Å². The topological polar surface area (TPSA) is 0 Å². The molecule has 0 radical (unpaired) electrons. The number of hydrogen-bond donors (Lipinski definition) is 0. The van der Waals surface area contributed by atoms with Gasteiger partial charge < -0.3 is 0 Å². The minimum Gasteiger partial charge on any atom is -0.100 e. The second-order valence-corrected chi connectivity index (χ2v) is 6.66. The molecule has 0 spiro atoms. The Balaban J connectivity index is 2.99. The number of hydrogen-bond acceptors (Lipinski definition) is 0. The van der Waals surface area contributed by atoms with Crippen LogP contribution in [0.3, 0.4) is 0 Å². The summed E-state index contributed by atoms with van der Waals surface area (Å²) in [5, 5.41) is 0. The van der Waals surface area contributed by atoms with Gasteiger partial charge >= 0.3 is 0 Å². The smallest absolute Gasteiger partial charge is 0.0326 e. The van der Waals surface area contributed by atoms with Crippen molar-refractivity contribution in [1.29, 1.82) is 0 Å². The van der Waals surface area contributed by atoms with Crippen LogP contribution in [0.1, 0.15) is 104 Å². The highest BCUT2D eigenvalue weighted by Gasteiger charge is 1.94. The average molecular weight is 279 g/mol. The molecular formula is C20H38. The SMILES string of the molecule is C=C(C)CCCCCCCCCCCCCCC(=C)C. The fraction of sp³-hybridized carbons (Fsp3) is 0.800. The number of allylic oxidation sites excluding steroid dienone is 2. The molecule has 20 heavy (non-hydrogen) atoms.